The van der Waals surface area contributed by atoms with E-state index in [9.17, 15) is 14.9 Å². The third-order valence-corrected chi connectivity index (χ3v) is 7.54. The standard InChI is InChI=1S/C14H10N6O2S5/c15-5-8-11(25-6-9(21)19-12-16-1-3-23-12)27-14(18-8)26-7-10(22)20-13-17-2-4-24-13/h1-4H,6-7H2,(H,16,19,21)(H,17,20,22). The molecule has 138 valence electrons. The van der Waals surface area contributed by atoms with Gasteiger partial charge in [0, 0.05) is 23.2 Å². The quantitative estimate of drug-likeness (QED) is 0.497. The van der Waals surface area contributed by atoms with Gasteiger partial charge in [-0.2, -0.15) is 5.26 Å². The summed E-state index contributed by atoms with van der Waals surface area (Å²) in [6, 6.07) is 2.02. The van der Waals surface area contributed by atoms with E-state index >= 15 is 0 Å². The molecule has 0 aromatic carbocycles. The second-order valence-electron chi connectivity index (χ2n) is 4.58. The summed E-state index contributed by atoms with van der Waals surface area (Å²) in [5.41, 5.74) is 0.259. The number of nitrogens with zero attached hydrogens (tertiary/aromatic N) is 4. The zero-order valence-corrected chi connectivity index (χ0v) is 17.5. The van der Waals surface area contributed by atoms with Crippen LogP contribution in [0, 0.1) is 11.3 Å². The first-order valence-electron chi connectivity index (χ1n) is 7.19. The number of nitriles is 1. The number of rotatable bonds is 8. The number of aromatic nitrogens is 3. The minimum Gasteiger partial charge on any atom is -0.301 e. The topological polar surface area (TPSA) is 121 Å². The summed E-state index contributed by atoms with van der Waals surface area (Å²) in [4.78, 5) is 36.0. The highest BCUT2D eigenvalue weighted by Gasteiger charge is 2.15. The van der Waals surface area contributed by atoms with Crippen molar-refractivity contribution in [1.82, 2.24) is 15.0 Å². The molecule has 0 saturated carbocycles. The first-order chi connectivity index (χ1) is 13.1. The molecule has 3 aromatic heterocycles. The Morgan fingerprint density at radius 3 is 2.15 bits per heavy atom. The van der Waals surface area contributed by atoms with Crippen molar-refractivity contribution in [1.29, 1.82) is 5.26 Å². The number of carbonyl (C=O) groups excluding carboxylic acids is 2. The number of amides is 2. The van der Waals surface area contributed by atoms with E-state index in [1.807, 2.05) is 6.07 Å². The minimum atomic E-state index is -0.204. The second-order valence-corrected chi connectivity index (χ2v) is 9.83. The van der Waals surface area contributed by atoms with Crippen molar-refractivity contribution >= 4 is 79.6 Å². The molecule has 27 heavy (non-hydrogen) atoms. The molecule has 8 nitrogen and oxygen atoms in total. The minimum absolute atomic E-state index is 0.144. The smallest absolute Gasteiger partial charge is 0.236 e. The average Bonchev–Trinajstić information content (AvgIpc) is 3.40. The molecule has 2 N–H and O–H groups in total. The highest BCUT2D eigenvalue weighted by molar-refractivity contribution is 8.04. The Hall–Kier alpha value is -1.98. The van der Waals surface area contributed by atoms with Crippen molar-refractivity contribution in [2.24, 2.45) is 0 Å². The fraction of sp³-hybridized carbons (Fsp3) is 0.143. The van der Waals surface area contributed by atoms with E-state index in [1.165, 1.54) is 57.5 Å². The van der Waals surface area contributed by atoms with Crippen LogP contribution < -0.4 is 10.6 Å². The first-order valence-corrected chi connectivity index (χ1v) is 11.7. The third kappa shape index (κ3) is 6.01. The van der Waals surface area contributed by atoms with E-state index in [0.717, 1.165) is 0 Å². The SMILES string of the molecule is N#Cc1nc(SCC(=O)Nc2nccs2)sc1SCC(=O)Nc1nccs1. The number of thiazole rings is 3. The number of anilines is 2. The van der Waals surface area contributed by atoms with E-state index in [0.29, 0.717) is 18.8 Å². The maximum atomic E-state index is 11.9. The van der Waals surface area contributed by atoms with Gasteiger partial charge in [-0.05, 0) is 0 Å². The van der Waals surface area contributed by atoms with Crippen LogP contribution in [-0.4, -0.2) is 38.3 Å². The van der Waals surface area contributed by atoms with Gasteiger partial charge in [-0.15, -0.1) is 34.4 Å². The van der Waals surface area contributed by atoms with Gasteiger partial charge in [0.15, 0.2) is 20.3 Å². The largest absolute Gasteiger partial charge is 0.301 e. The molecule has 0 spiro atoms. The Morgan fingerprint density at radius 2 is 1.63 bits per heavy atom. The summed E-state index contributed by atoms with van der Waals surface area (Å²) >= 11 is 6.44. The molecule has 3 heterocycles. The molecule has 0 unspecified atom stereocenters. The summed E-state index contributed by atoms with van der Waals surface area (Å²) in [6.45, 7) is 0. The van der Waals surface area contributed by atoms with Crippen LogP contribution >= 0.6 is 57.5 Å². The van der Waals surface area contributed by atoms with E-state index in [-0.39, 0.29) is 29.0 Å². The monoisotopic (exact) mass is 454 g/mol. The lowest BCUT2D eigenvalue weighted by Gasteiger charge is -2.00. The fourth-order valence-electron chi connectivity index (χ4n) is 1.66. The van der Waals surface area contributed by atoms with Crippen LogP contribution in [0.25, 0.3) is 0 Å². The summed E-state index contributed by atoms with van der Waals surface area (Å²) < 4.78 is 1.25. The Labute approximate surface area is 174 Å². The Kier molecular flexibility index (Phi) is 7.18. The molecule has 0 radical (unpaired) electrons. The molecule has 0 aliphatic rings. The van der Waals surface area contributed by atoms with Crippen molar-refractivity contribution < 1.29 is 9.59 Å². The van der Waals surface area contributed by atoms with Crippen LogP contribution in [0.5, 0.6) is 0 Å². The van der Waals surface area contributed by atoms with Crippen molar-refractivity contribution in [3.8, 4) is 6.07 Å². The molecule has 0 aliphatic carbocycles. The van der Waals surface area contributed by atoms with Crippen molar-refractivity contribution in [2.75, 3.05) is 22.1 Å². The van der Waals surface area contributed by atoms with Crippen molar-refractivity contribution in [3.05, 3.63) is 28.8 Å². The number of carbonyl (C=O) groups is 2. The van der Waals surface area contributed by atoms with Gasteiger partial charge in [0.1, 0.15) is 6.07 Å². The first kappa shape index (κ1) is 19.8. The van der Waals surface area contributed by atoms with Crippen LogP contribution in [0.15, 0.2) is 31.7 Å². The molecule has 3 rings (SSSR count). The van der Waals surface area contributed by atoms with Crippen molar-refractivity contribution in [3.63, 3.8) is 0 Å². The van der Waals surface area contributed by atoms with Crippen LogP contribution in [0.3, 0.4) is 0 Å². The lowest BCUT2D eigenvalue weighted by Crippen LogP contribution is -2.13. The highest BCUT2D eigenvalue weighted by Crippen LogP contribution is 2.34. The molecule has 0 saturated heterocycles. The van der Waals surface area contributed by atoms with Crippen LogP contribution in [0.1, 0.15) is 5.69 Å². The van der Waals surface area contributed by atoms with Crippen molar-refractivity contribution in [2.45, 2.75) is 8.55 Å². The lowest BCUT2D eigenvalue weighted by molar-refractivity contribution is -0.114. The zero-order valence-electron chi connectivity index (χ0n) is 13.4. The maximum absolute atomic E-state index is 11.9. The number of thioether (sulfide) groups is 2. The van der Waals surface area contributed by atoms with E-state index < -0.39 is 0 Å². The predicted molar refractivity (Wildman–Crippen MR) is 110 cm³/mol. The molecule has 0 bridgehead atoms. The molecule has 0 aliphatic heterocycles. The molecule has 2 amide bonds. The fourth-order valence-corrected chi connectivity index (χ4v) is 5.75. The van der Waals surface area contributed by atoms with E-state index in [4.69, 9.17) is 0 Å². The van der Waals surface area contributed by atoms with Crippen LogP contribution in [0.2, 0.25) is 0 Å². The van der Waals surface area contributed by atoms with E-state index in [2.05, 4.69) is 25.6 Å². The normalized spacial score (nSPS) is 10.3. The number of nitrogens with one attached hydrogen (secondary N) is 2. The zero-order chi connectivity index (χ0) is 19.1. The summed E-state index contributed by atoms with van der Waals surface area (Å²) in [6.07, 6.45) is 3.22. The summed E-state index contributed by atoms with van der Waals surface area (Å²) in [7, 11) is 0. The van der Waals surface area contributed by atoms with Gasteiger partial charge in [-0.25, -0.2) is 15.0 Å². The Morgan fingerprint density at radius 1 is 1.04 bits per heavy atom. The molecule has 0 fully saturated rings. The van der Waals surface area contributed by atoms with Crippen LogP contribution in [-0.2, 0) is 9.59 Å². The van der Waals surface area contributed by atoms with Gasteiger partial charge in [0.25, 0.3) is 0 Å². The van der Waals surface area contributed by atoms with E-state index in [1.54, 1.807) is 23.2 Å². The van der Waals surface area contributed by atoms with Gasteiger partial charge in [0.05, 0.1) is 15.7 Å². The molecule has 0 atom stereocenters. The molecule has 3 aromatic rings. The number of hydrogen-bond donors (Lipinski definition) is 2. The van der Waals surface area contributed by atoms with Gasteiger partial charge in [0.2, 0.25) is 11.8 Å². The lowest BCUT2D eigenvalue weighted by atomic mass is 10.6. The molecular weight excluding hydrogens is 445 g/mol. The molecular formula is C14H10N6O2S5. The molecule has 13 heteroatoms. The predicted octanol–water partition coefficient (Wildman–Crippen LogP) is 3.39. The highest BCUT2D eigenvalue weighted by atomic mass is 32.2. The maximum Gasteiger partial charge on any atom is 0.236 e. The second kappa shape index (κ2) is 9.81. The van der Waals surface area contributed by atoms with Crippen LogP contribution in [0.4, 0.5) is 10.3 Å². The Bertz CT molecular complexity index is 947. The summed E-state index contributed by atoms with van der Waals surface area (Å²) in [5.74, 6) is -0.0949. The third-order valence-electron chi connectivity index (χ3n) is 2.70. The van der Waals surface area contributed by atoms with Gasteiger partial charge >= 0.3 is 0 Å². The van der Waals surface area contributed by atoms with Gasteiger partial charge < -0.3 is 10.6 Å². The number of hydrogen-bond acceptors (Lipinski definition) is 11. The van der Waals surface area contributed by atoms with Gasteiger partial charge in [-0.3, -0.25) is 9.59 Å². The average molecular weight is 455 g/mol. The Balaban J connectivity index is 1.51. The van der Waals surface area contributed by atoms with Gasteiger partial charge in [-0.1, -0.05) is 23.1 Å². The summed E-state index contributed by atoms with van der Waals surface area (Å²) in [5, 5.41) is 19.2.